The highest BCUT2D eigenvalue weighted by Gasteiger charge is 2.22. The molecule has 0 aliphatic rings. The van der Waals surface area contributed by atoms with E-state index in [9.17, 15) is 10.1 Å². The number of rotatable bonds is 6. The number of nitrogens with one attached hydrogen (secondary N) is 1. The van der Waals surface area contributed by atoms with Crippen LogP contribution in [0.15, 0.2) is 43.1 Å². The molecule has 21 heavy (non-hydrogen) atoms. The predicted molar refractivity (Wildman–Crippen MR) is 77.2 cm³/mol. The fourth-order valence-corrected chi connectivity index (χ4v) is 2.17. The number of pyridine rings is 1. The van der Waals surface area contributed by atoms with Gasteiger partial charge in [-0.25, -0.2) is 9.50 Å². The van der Waals surface area contributed by atoms with Gasteiger partial charge < -0.3 is 9.88 Å². The van der Waals surface area contributed by atoms with Crippen molar-refractivity contribution in [2.75, 3.05) is 11.9 Å². The lowest BCUT2D eigenvalue weighted by Gasteiger charge is -2.03. The molecule has 0 saturated heterocycles. The molecule has 3 aromatic rings. The van der Waals surface area contributed by atoms with Gasteiger partial charge in [-0.2, -0.15) is 0 Å². The van der Waals surface area contributed by atoms with E-state index in [1.165, 1.54) is 4.52 Å². The Morgan fingerprint density at radius 1 is 1.33 bits per heavy atom. The van der Waals surface area contributed by atoms with Crippen molar-refractivity contribution < 1.29 is 4.92 Å². The van der Waals surface area contributed by atoms with Crippen LogP contribution in [0, 0.1) is 10.1 Å². The summed E-state index contributed by atoms with van der Waals surface area (Å²) in [7, 11) is 0. The molecule has 0 atom stereocenters. The summed E-state index contributed by atoms with van der Waals surface area (Å²) in [6.07, 6.45) is 7.86. The second kappa shape index (κ2) is 5.61. The van der Waals surface area contributed by atoms with E-state index in [1.54, 1.807) is 36.9 Å². The molecule has 0 aliphatic carbocycles. The molecule has 1 N–H and O–H groups in total. The molecule has 0 unspecified atom stereocenters. The summed E-state index contributed by atoms with van der Waals surface area (Å²) in [5, 5.41) is 18.5. The highest BCUT2D eigenvalue weighted by atomic mass is 16.6. The van der Waals surface area contributed by atoms with Crippen molar-refractivity contribution in [1.29, 1.82) is 0 Å². The summed E-state index contributed by atoms with van der Waals surface area (Å²) in [5.41, 5.74) is 0.498. The number of hydrogen-bond donors (Lipinski definition) is 1. The molecule has 8 nitrogen and oxygen atoms in total. The Morgan fingerprint density at radius 2 is 2.24 bits per heavy atom. The third kappa shape index (κ3) is 2.69. The maximum Gasteiger partial charge on any atom is 0.338 e. The van der Waals surface area contributed by atoms with Crippen LogP contribution in [0.2, 0.25) is 0 Å². The van der Waals surface area contributed by atoms with Crippen LogP contribution in [0.5, 0.6) is 0 Å². The molecule has 3 aromatic heterocycles. The van der Waals surface area contributed by atoms with Gasteiger partial charge in [0, 0.05) is 31.7 Å². The van der Waals surface area contributed by atoms with Crippen molar-refractivity contribution in [2.24, 2.45) is 0 Å². The standard InChI is InChI=1S/C13H14N6O2/c20-19(21)12-11-4-1-2-8-18(11)16-13(12)15-5-3-7-17-9-6-14-10-17/h1-2,4,6,8-10H,3,5,7H2,(H,15,16). The Bertz CT molecular complexity index is 749. The summed E-state index contributed by atoms with van der Waals surface area (Å²) in [6.45, 7) is 1.40. The lowest BCUT2D eigenvalue weighted by atomic mass is 10.3. The largest absolute Gasteiger partial charge is 0.363 e. The van der Waals surface area contributed by atoms with Crippen LogP contribution in [0.4, 0.5) is 11.5 Å². The lowest BCUT2D eigenvalue weighted by Crippen LogP contribution is -2.07. The summed E-state index contributed by atoms with van der Waals surface area (Å²) in [6, 6.07) is 5.22. The molecule has 3 rings (SSSR count). The average Bonchev–Trinajstić information content (AvgIpc) is 3.10. The summed E-state index contributed by atoms with van der Waals surface area (Å²) < 4.78 is 3.47. The number of hydrogen-bond acceptors (Lipinski definition) is 5. The van der Waals surface area contributed by atoms with Gasteiger partial charge in [-0.15, -0.1) is 5.10 Å². The van der Waals surface area contributed by atoms with Crippen molar-refractivity contribution >= 4 is 17.0 Å². The second-order valence-corrected chi connectivity index (χ2v) is 4.57. The van der Waals surface area contributed by atoms with E-state index >= 15 is 0 Å². The van der Waals surface area contributed by atoms with Gasteiger partial charge in [-0.05, 0) is 18.6 Å². The maximum absolute atomic E-state index is 11.2. The van der Waals surface area contributed by atoms with Crippen molar-refractivity contribution in [3.8, 4) is 0 Å². The lowest BCUT2D eigenvalue weighted by molar-refractivity contribution is -0.382. The van der Waals surface area contributed by atoms with Gasteiger partial charge in [0.05, 0.1) is 11.3 Å². The molecule has 0 aliphatic heterocycles. The monoisotopic (exact) mass is 286 g/mol. The SMILES string of the molecule is O=[N+]([O-])c1c(NCCCn2ccnc2)nn2ccccc12. The molecule has 0 radical (unpaired) electrons. The molecule has 0 amide bonds. The first-order chi connectivity index (χ1) is 10.3. The van der Waals surface area contributed by atoms with E-state index in [-0.39, 0.29) is 5.69 Å². The molecule has 3 heterocycles. The number of anilines is 1. The summed E-state index contributed by atoms with van der Waals surface area (Å²) in [4.78, 5) is 14.8. The molecular weight excluding hydrogens is 272 g/mol. The van der Waals surface area contributed by atoms with Crippen LogP contribution >= 0.6 is 0 Å². The zero-order valence-corrected chi connectivity index (χ0v) is 11.2. The van der Waals surface area contributed by atoms with Crippen LogP contribution < -0.4 is 5.32 Å². The quantitative estimate of drug-likeness (QED) is 0.425. The number of nitrogens with zero attached hydrogens (tertiary/aromatic N) is 5. The first kappa shape index (κ1) is 13.1. The predicted octanol–water partition coefficient (Wildman–Crippen LogP) is 1.94. The third-order valence-electron chi connectivity index (χ3n) is 3.14. The van der Waals surface area contributed by atoms with Crippen molar-refractivity contribution in [3.63, 3.8) is 0 Å². The topological polar surface area (TPSA) is 90.3 Å². The Hall–Kier alpha value is -2.90. The van der Waals surface area contributed by atoms with E-state index in [2.05, 4.69) is 15.4 Å². The fraction of sp³-hybridized carbons (Fsp3) is 0.231. The molecule has 0 fully saturated rings. The number of aryl methyl sites for hydroxylation is 1. The normalized spacial score (nSPS) is 10.9. The minimum atomic E-state index is -0.402. The maximum atomic E-state index is 11.2. The van der Waals surface area contributed by atoms with Crippen molar-refractivity contribution in [3.05, 3.63) is 53.2 Å². The number of aromatic nitrogens is 4. The van der Waals surface area contributed by atoms with Gasteiger partial charge in [0.25, 0.3) is 0 Å². The minimum absolute atomic E-state index is 0.0123. The average molecular weight is 286 g/mol. The van der Waals surface area contributed by atoms with E-state index in [1.807, 2.05) is 10.8 Å². The Morgan fingerprint density at radius 3 is 3.00 bits per heavy atom. The van der Waals surface area contributed by atoms with E-state index in [4.69, 9.17) is 0 Å². The van der Waals surface area contributed by atoms with Gasteiger partial charge in [0.2, 0.25) is 5.82 Å². The molecule has 8 heteroatoms. The highest BCUT2D eigenvalue weighted by molar-refractivity contribution is 5.76. The highest BCUT2D eigenvalue weighted by Crippen LogP contribution is 2.28. The first-order valence-corrected chi connectivity index (χ1v) is 6.57. The van der Waals surface area contributed by atoms with E-state index in [0.717, 1.165) is 13.0 Å². The van der Waals surface area contributed by atoms with Crippen molar-refractivity contribution in [2.45, 2.75) is 13.0 Å². The van der Waals surface area contributed by atoms with Gasteiger partial charge in [0.1, 0.15) is 5.52 Å². The van der Waals surface area contributed by atoms with Gasteiger partial charge >= 0.3 is 5.69 Å². The Kier molecular flexibility index (Phi) is 3.50. The fourth-order valence-electron chi connectivity index (χ4n) is 2.17. The molecule has 0 bridgehead atoms. The Labute approximate surface area is 120 Å². The molecule has 0 aromatic carbocycles. The third-order valence-corrected chi connectivity index (χ3v) is 3.14. The van der Waals surface area contributed by atoms with Gasteiger partial charge in [0.15, 0.2) is 0 Å². The van der Waals surface area contributed by atoms with Crippen LogP contribution in [-0.4, -0.2) is 30.6 Å². The summed E-state index contributed by atoms with van der Waals surface area (Å²) in [5.74, 6) is 0.303. The number of imidazole rings is 1. The van der Waals surface area contributed by atoms with Gasteiger partial charge in [-0.3, -0.25) is 10.1 Å². The van der Waals surface area contributed by atoms with E-state index in [0.29, 0.717) is 17.9 Å². The molecule has 0 spiro atoms. The zero-order chi connectivity index (χ0) is 14.7. The second-order valence-electron chi connectivity index (χ2n) is 4.57. The smallest absolute Gasteiger partial charge is 0.338 e. The zero-order valence-electron chi connectivity index (χ0n) is 11.2. The molecule has 108 valence electrons. The van der Waals surface area contributed by atoms with Crippen LogP contribution in [-0.2, 0) is 6.54 Å². The number of fused-ring (bicyclic) bond motifs is 1. The molecule has 0 saturated carbocycles. The van der Waals surface area contributed by atoms with Crippen LogP contribution in [0.1, 0.15) is 6.42 Å². The number of nitro groups is 1. The van der Waals surface area contributed by atoms with Gasteiger partial charge in [-0.1, -0.05) is 6.07 Å². The first-order valence-electron chi connectivity index (χ1n) is 6.57. The van der Waals surface area contributed by atoms with E-state index < -0.39 is 4.92 Å². The minimum Gasteiger partial charge on any atom is -0.363 e. The Balaban J connectivity index is 1.71. The van der Waals surface area contributed by atoms with Crippen LogP contribution in [0.3, 0.4) is 0 Å². The van der Waals surface area contributed by atoms with Crippen LogP contribution in [0.25, 0.3) is 5.52 Å². The summed E-state index contributed by atoms with van der Waals surface area (Å²) >= 11 is 0. The molecular formula is C13H14N6O2. The van der Waals surface area contributed by atoms with Crippen molar-refractivity contribution in [1.82, 2.24) is 19.2 Å².